The van der Waals surface area contributed by atoms with E-state index in [2.05, 4.69) is 107 Å². The van der Waals surface area contributed by atoms with Gasteiger partial charge in [0.1, 0.15) is 0 Å². The van der Waals surface area contributed by atoms with E-state index in [1.165, 1.54) is 26.6 Å². The molecule has 0 spiro atoms. The molecule has 0 amide bonds. The monoisotopic (exact) mass is 609 g/mol. The zero-order chi connectivity index (χ0) is 31.8. The molecule has 0 aromatic heterocycles. The first-order chi connectivity index (χ1) is 21.3. The van der Waals surface area contributed by atoms with Crippen LogP contribution in [0.5, 0.6) is 0 Å². The summed E-state index contributed by atoms with van der Waals surface area (Å²) in [5, 5.41) is 1.93. The molecule has 1 aliphatic heterocycles. The number of hydrogen-bond acceptors (Lipinski definition) is 3. The SMILES string of the molecule is CC(C)c1ccc2c(c1)S(C)(C)c1cc(C=C3C(=O)c4cc5ccccc5cc4C3=O)ccc1N2c1ccc(C(C)(C)C)cc1. The standard InChI is InChI=1S/C41H39NO2S/c1-25(2)27-13-19-36-38(24-27)45(6,7)37-21-26(12-18-35(37)42(36)31-16-14-30(15-17-31)41(3,4)5)20-34-39(43)32-22-28-10-8-9-11-29(28)23-33(32)40(34)44/h8-25H,1-7H3. The van der Waals surface area contributed by atoms with Gasteiger partial charge in [-0.25, -0.2) is 0 Å². The number of benzene rings is 5. The minimum atomic E-state index is -1.43. The van der Waals surface area contributed by atoms with Crippen molar-refractivity contribution >= 4 is 55.5 Å². The summed E-state index contributed by atoms with van der Waals surface area (Å²) in [5.41, 5.74) is 8.26. The van der Waals surface area contributed by atoms with Gasteiger partial charge in [-0.15, -0.1) is 0 Å². The molecule has 226 valence electrons. The van der Waals surface area contributed by atoms with Crippen molar-refractivity contribution in [2.24, 2.45) is 0 Å². The van der Waals surface area contributed by atoms with Gasteiger partial charge < -0.3 is 4.90 Å². The van der Waals surface area contributed by atoms with Crippen molar-refractivity contribution in [2.45, 2.75) is 55.7 Å². The second-order valence-corrected chi connectivity index (χ2v) is 17.6. The Morgan fingerprint density at radius 3 is 1.80 bits per heavy atom. The molecule has 0 saturated heterocycles. The zero-order valence-electron chi connectivity index (χ0n) is 27.1. The Kier molecular flexibility index (Phi) is 6.72. The highest BCUT2D eigenvalue weighted by Crippen LogP contribution is 2.68. The number of fused-ring (bicyclic) bond motifs is 4. The lowest BCUT2D eigenvalue weighted by atomic mass is 9.87. The van der Waals surface area contributed by atoms with Crippen LogP contribution in [0.3, 0.4) is 0 Å². The summed E-state index contributed by atoms with van der Waals surface area (Å²) >= 11 is 0. The van der Waals surface area contributed by atoms with Gasteiger partial charge in [0.25, 0.3) is 0 Å². The van der Waals surface area contributed by atoms with Crippen LogP contribution >= 0.6 is 10.0 Å². The molecule has 1 aliphatic carbocycles. The smallest absolute Gasteiger partial charge is 0.197 e. The second kappa shape index (κ2) is 10.3. The molecule has 5 aromatic carbocycles. The van der Waals surface area contributed by atoms with Crippen molar-refractivity contribution < 1.29 is 9.59 Å². The average molecular weight is 610 g/mol. The van der Waals surface area contributed by atoms with E-state index in [0.29, 0.717) is 17.0 Å². The molecule has 2 aliphatic rings. The van der Waals surface area contributed by atoms with Crippen molar-refractivity contribution in [3.63, 3.8) is 0 Å². The summed E-state index contributed by atoms with van der Waals surface area (Å²) in [6.07, 6.45) is 6.52. The van der Waals surface area contributed by atoms with E-state index < -0.39 is 10.0 Å². The highest BCUT2D eigenvalue weighted by atomic mass is 32.3. The van der Waals surface area contributed by atoms with Crippen LogP contribution < -0.4 is 4.90 Å². The third-order valence-corrected chi connectivity index (χ3v) is 12.2. The molecule has 5 aromatic rings. The third kappa shape index (κ3) is 4.74. The number of Topliss-reactive ketones (excluding diaryl/α,β-unsaturated/α-hetero) is 2. The van der Waals surface area contributed by atoms with E-state index in [9.17, 15) is 9.59 Å². The lowest BCUT2D eigenvalue weighted by molar-refractivity contribution is 0.0990. The summed E-state index contributed by atoms with van der Waals surface area (Å²) in [6, 6.07) is 33.9. The number of carbonyl (C=O) groups excluding carboxylic acids is 2. The van der Waals surface area contributed by atoms with E-state index in [0.717, 1.165) is 27.7 Å². The Morgan fingerprint density at radius 1 is 0.689 bits per heavy atom. The van der Waals surface area contributed by atoms with Gasteiger partial charge in [0, 0.05) is 26.6 Å². The molecule has 0 saturated carbocycles. The molecule has 1 heterocycles. The van der Waals surface area contributed by atoms with Gasteiger partial charge in [-0.2, -0.15) is 10.0 Å². The predicted octanol–water partition coefficient (Wildman–Crippen LogP) is 11.0. The summed E-state index contributed by atoms with van der Waals surface area (Å²) in [5.74, 6) is 0.0234. The minimum Gasteiger partial charge on any atom is -0.308 e. The molecular formula is C41H39NO2S. The molecular weight excluding hydrogens is 571 g/mol. The maximum atomic E-state index is 13.6. The van der Waals surface area contributed by atoms with Gasteiger partial charge in [-0.3, -0.25) is 9.59 Å². The largest absolute Gasteiger partial charge is 0.308 e. The highest BCUT2D eigenvalue weighted by Gasteiger charge is 2.36. The van der Waals surface area contributed by atoms with Crippen LogP contribution in [0.4, 0.5) is 17.1 Å². The Hall–Kier alpha value is -4.41. The maximum Gasteiger partial charge on any atom is 0.197 e. The number of carbonyl (C=O) groups is 2. The topological polar surface area (TPSA) is 37.4 Å². The summed E-state index contributed by atoms with van der Waals surface area (Å²) in [6.45, 7) is 11.2. The van der Waals surface area contributed by atoms with Crippen LogP contribution in [0.15, 0.2) is 112 Å². The van der Waals surface area contributed by atoms with Gasteiger partial charge in [0.2, 0.25) is 0 Å². The van der Waals surface area contributed by atoms with E-state index in [4.69, 9.17) is 0 Å². The molecule has 3 nitrogen and oxygen atoms in total. The second-order valence-electron chi connectivity index (χ2n) is 14.0. The van der Waals surface area contributed by atoms with Gasteiger partial charge in [-0.05, 0) is 106 Å². The van der Waals surface area contributed by atoms with Crippen LogP contribution in [0.25, 0.3) is 16.8 Å². The summed E-state index contributed by atoms with van der Waals surface area (Å²) in [7, 11) is -1.43. The van der Waals surface area contributed by atoms with Crippen molar-refractivity contribution in [3.8, 4) is 0 Å². The van der Waals surface area contributed by atoms with E-state index in [1.54, 1.807) is 6.08 Å². The van der Waals surface area contributed by atoms with Crippen molar-refractivity contribution in [1.29, 1.82) is 0 Å². The first kappa shape index (κ1) is 29.3. The summed E-state index contributed by atoms with van der Waals surface area (Å²) in [4.78, 5) is 32.1. The molecule has 0 N–H and O–H groups in total. The van der Waals surface area contributed by atoms with E-state index in [-0.39, 0.29) is 22.6 Å². The van der Waals surface area contributed by atoms with Crippen molar-refractivity contribution in [1.82, 2.24) is 0 Å². The lowest BCUT2D eigenvalue weighted by Crippen LogP contribution is -2.21. The van der Waals surface area contributed by atoms with Gasteiger partial charge in [0.05, 0.1) is 16.9 Å². The summed E-state index contributed by atoms with van der Waals surface area (Å²) < 4.78 is 0. The number of rotatable bonds is 3. The van der Waals surface area contributed by atoms with E-state index in [1.807, 2.05) is 42.5 Å². The molecule has 7 rings (SSSR count). The quantitative estimate of drug-likeness (QED) is 0.151. The Labute approximate surface area is 267 Å². The molecule has 0 radical (unpaired) electrons. The Bertz CT molecular complexity index is 2020. The first-order valence-corrected chi connectivity index (χ1v) is 18.1. The van der Waals surface area contributed by atoms with Crippen LogP contribution in [0.1, 0.15) is 77.9 Å². The van der Waals surface area contributed by atoms with Gasteiger partial charge >= 0.3 is 0 Å². The van der Waals surface area contributed by atoms with Crippen molar-refractivity contribution in [2.75, 3.05) is 17.4 Å². The van der Waals surface area contributed by atoms with Crippen LogP contribution in [-0.4, -0.2) is 24.1 Å². The number of allylic oxidation sites excluding steroid dienone is 1. The van der Waals surface area contributed by atoms with Gasteiger partial charge in [-0.1, -0.05) is 83.1 Å². The Balaban J connectivity index is 1.37. The average Bonchev–Trinajstić information content (AvgIpc) is 3.24. The van der Waals surface area contributed by atoms with Crippen LogP contribution in [0.2, 0.25) is 0 Å². The molecule has 4 heteroatoms. The predicted molar refractivity (Wildman–Crippen MR) is 190 cm³/mol. The number of ketones is 2. The third-order valence-electron chi connectivity index (χ3n) is 9.38. The fourth-order valence-corrected chi connectivity index (χ4v) is 9.10. The molecule has 0 unspecified atom stereocenters. The normalized spacial score (nSPS) is 16.1. The molecule has 0 bridgehead atoms. The van der Waals surface area contributed by atoms with Gasteiger partial charge in [0.15, 0.2) is 11.6 Å². The number of anilines is 3. The Morgan fingerprint density at radius 2 is 1.24 bits per heavy atom. The van der Waals surface area contributed by atoms with Crippen molar-refractivity contribution in [3.05, 3.63) is 130 Å². The maximum absolute atomic E-state index is 13.6. The molecule has 45 heavy (non-hydrogen) atoms. The molecule has 0 atom stereocenters. The number of hydrogen-bond donors (Lipinski definition) is 0. The fraction of sp³-hybridized carbons (Fsp3) is 0.220. The highest BCUT2D eigenvalue weighted by molar-refractivity contribution is 8.33. The van der Waals surface area contributed by atoms with Crippen LogP contribution in [0, 0.1) is 0 Å². The first-order valence-electron chi connectivity index (χ1n) is 15.6. The van der Waals surface area contributed by atoms with Crippen LogP contribution in [-0.2, 0) is 5.41 Å². The number of nitrogens with zero attached hydrogens (tertiary/aromatic N) is 1. The zero-order valence-corrected chi connectivity index (χ0v) is 27.9. The molecule has 0 fully saturated rings. The minimum absolute atomic E-state index is 0.0679. The lowest BCUT2D eigenvalue weighted by Gasteiger charge is -2.45. The fourth-order valence-electron chi connectivity index (χ4n) is 6.64. The van der Waals surface area contributed by atoms with E-state index >= 15 is 0 Å².